The molecule has 0 bridgehead atoms. The normalized spacial score (nSPS) is 27.2. The van der Waals surface area contributed by atoms with Crippen molar-refractivity contribution < 1.29 is 9.84 Å². The van der Waals surface area contributed by atoms with Crippen molar-refractivity contribution in [3.05, 3.63) is 28.2 Å². The Balaban J connectivity index is 1.67. The highest BCUT2D eigenvalue weighted by atomic mass is 79.9. The highest BCUT2D eigenvalue weighted by Gasteiger charge is 2.40. The zero-order valence-corrected chi connectivity index (χ0v) is 16.0. The maximum atomic E-state index is 10.1. The monoisotopic (exact) mass is 400 g/mol. The van der Waals surface area contributed by atoms with E-state index >= 15 is 0 Å². The number of halogens is 1. The van der Waals surface area contributed by atoms with Crippen LogP contribution in [-0.4, -0.2) is 59.9 Å². The topological polar surface area (TPSA) is 44.7 Å². The standard InChI is InChI=1S/C17H25BrN2O2S/c1-13(15-10-14(18)2-3-16(15)21)19-11-17(4-9-23-12-17)20-5-7-22-8-6-20/h2-3,10,13,19,21H,4-9,11-12H2,1H3/t13-,17+/m0/s1. The lowest BCUT2D eigenvalue weighted by Gasteiger charge is -2.43. The van der Waals surface area contributed by atoms with Gasteiger partial charge in [0.05, 0.1) is 13.2 Å². The summed E-state index contributed by atoms with van der Waals surface area (Å²) in [5.41, 5.74) is 1.17. The Morgan fingerprint density at radius 2 is 2.22 bits per heavy atom. The van der Waals surface area contributed by atoms with Gasteiger partial charge in [0.2, 0.25) is 0 Å². The first-order chi connectivity index (χ1) is 11.1. The van der Waals surface area contributed by atoms with Crippen LogP contribution in [0.5, 0.6) is 5.75 Å². The van der Waals surface area contributed by atoms with Crippen molar-refractivity contribution in [3.8, 4) is 5.75 Å². The number of thioether (sulfide) groups is 1. The zero-order valence-electron chi connectivity index (χ0n) is 13.6. The van der Waals surface area contributed by atoms with E-state index in [0.717, 1.165) is 42.9 Å². The molecule has 2 heterocycles. The number of nitrogens with zero attached hydrogens (tertiary/aromatic N) is 1. The van der Waals surface area contributed by atoms with E-state index in [0.29, 0.717) is 5.75 Å². The van der Waals surface area contributed by atoms with Crippen molar-refractivity contribution in [2.75, 3.05) is 44.4 Å². The maximum absolute atomic E-state index is 10.1. The van der Waals surface area contributed by atoms with Gasteiger partial charge in [-0.25, -0.2) is 0 Å². The average molecular weight is 401 g/mol. The summed E-state index contributed by atoms with van der Waals surface area (Å²) in [6.45, 7) is 6.81. The van der Waals surface area contributed by atoms with Crippen molar-refractivity contribution in [1.29, 1.82) is 0 Å². The number of hydrogen-bond acceptors (Lipinski definition) is 5. The Kier molecular flexibility index (Phi) is 5.91. The van der Waals surface area contributed by atoms with Gasteiger partial charge in [-0.2, -0.15) is 11.8 Å². The van der Waals surface area contributed by atoms with E-state index in [2.05, 4.69) is 33.1 Å². The predicted molar refractivity (Wildman–Crippen MR) is 99.3 cm³/mol. The Hall–Kier alpha value is -0.270. The fourth-order valence-electron chi connectivity index (χ4n) is 3.46. The molecule has 0 radical (unpaired) electrons. The Morgan fingerprint density at radius 3 is 2.91 bits per heavy atom. The van der Waals surface area contributed by atoms with Crippen molar-refractivity contribution in [2.24, 2.45) is 0 Å². The number of phenolic OH excluding ortho intramolecular Hbond substituents is 1. The molecule has 2 fully saturated rings. The van der Waals surface area contributed by atoms with Crippen molar-refractivity contribution in [2.45, 2.75) is 24.9 Å². The minimum atomic E-state index is 0.121. The quantitative estimate of drug-likeness (QED) is 0.794. The van der Waals surface area contributed by atoms with E-state index in [1.807, 2.05) is 23.9 Å². The van der Waals surface area contributed by atoms with E-state index in [4.69, 9.17) is 4.74 Å². The SMILES string of the molecule is C[C@H](NC[C@]1(N2CCOCC2)CCSC1)c1cc(Br)ccc1O. The minimum Gasteiger partial charge on any atom is -0.508 e. The molecule has 0 aliphatic carbocycles. The molecule has 4 nitrogen and oxygen atoms in total. The van der Waals surface area contributed by atoms with Gasteiger partial charge in [0.15, 0.2) is 0 Å². The molecular weight excluding hydrogens is 376 g/mol. The summed E-state index contributed by atoms with van der Waals surface area (Å²) in [5, 5.41) is 13.8. The molecule has 2 aliphatic heterocycles. The van der Waals surface area contributed by atoms with Gasteiger partial charge in [-0.05, 0) is 37.3 Å². The second kappa shape index (κ2) is 7.74. The molecule has 1 aromatic carbocycles. The third-order valence-corrected chi connectivity index (χ3v) is 6.69. The highest BCUT2D eigenvalue weighted by Crippen LogP contribution is 2.35. The van der Waals surface area contributed by atoms with E-state index in [1.54, 1.807) is 6.07 Å². The van der Waals surface area contributed by atoms with Crippen molar-refractivity contribution in [1.82, 2.24) is 10.2 Å². The summed E-state index contributed by atoms with van der Waals surface area (Å²) in [5.74, 6) is 2.77. The van der Waals surface area contributed by atoms with Crippen LogP contribution in [-0.2, 0) is 4.74 Å². The number of benzene rings is 1. The summed E-state index contributed by atoms with van der Waals surface area (Å²) in [6, 6.07) is 5.74. The van der Waals surface area contributed by atoms with E-state index < -0.39 is 0 Å². The lowest BCUT2D eigenvalue weighted by Crippen LogP contribution is -2.58. The number of phenols is 1. The molecule has 2 aliphatic rings. The fraction of sp³-hybridized carbons (Fsp3) is 0.647. The zero-order chi connectivity index (χ0) is 16.3. The van der Waals surface area contributed by atoms with E-state index in [-0.39, 0.29) is 11.6 Å². The largest absolute Gasteiger partial charge is 0.508 e. The molecule has 0 amide bonds. The second-order valence-corrected chi connectivity index (χ2v) is 8.45. The molecule has 2 N–H and O–H groups in total. The molecule has 128 valence electrons. The number of rotatable bonds is 5. The smallest absolute Gasteiger partial charge is 0.120 e. The molecule has 6 heteroatoms. The van der Waals surface area contributed by atoms with Gasteiger partial charge in [-0.15, -0.1) is 0 Å². The van der Waals surface area contributed by atoms with Gasteiger partial charge in [0, 0.05) is 47.0 Å². The molecule has 0 unspecified atom stereocenters. The van der Waals surface area contributed by atoms with Crippen molar-refractivity contribution >= 4 is 27.7 Å². The third-order valence-electron chi connectivity index (χ3n) is 4.96. The maximum Gasteiger partial charge on any atom is 0.120 e. The predicted octanol–water partition coefficient (Wildman–Crippen LogP) is 3.01. The van der Waals surface area contributed by atoms with Crippen LogP contribution in [0.15, 0.2) is 22.7 Å². The first kappa shape index (κ1) is 17.5. The molecule has 23 heavy (non-hydrogen) atoms. The molecular formula is C17H25BrN2O2S. The highest BCUT2D eigenvalue weighted by molar-refractivity contribution is 9.10. The van der Waals surface area contributed by atoms with Crippen LogP contribution < -0.4 is 5.32 Å². The Bertz CT molecular complexity index is 531. The first-order valence-electron chi connectivity index (χ1n) is 8.23. The summed E-state index contributed by atoms with van der Waals surface area (Å²) in [7, 11) is 0. The van der Waals surface area contributed by atoms with Gasteiger partial charge in [-0.3, -0.25) is 4.90 Å². The number of morpholine rings is 1. The molecule has 0 saturated carbocycles. The summed E-state index contributed by atoms with van der Waals surface area (Å²) >= 11 is 5.54. The average Bonchev–Trinajstić information content (AvgIpc) is 3.06. The van der Waals surface area contributed by atoms with E-state index in [9.17, 15) is 5.11 Å². The summed E-state index contributed by atoms with van der Waals surface area (Å²) in [4.78, 5) is 2.61. The van der Waals surface area contributed by atoms with Crippen LogP contribution in [0.25, 0.3) is 0 Å². The number of ether oxygens (including phenoxy) is 1. The van der Waals surface area contributed by atoms with Gasteiger partial charge < -0.3 is 15.2 Å². The number of hydrogen-bond donors (Lipinski definition) is 2. The third kappa shape index (κ3) is 4.04. The molecule has 0 aromatic heterocycles. The summed E-state index contributed by atoms with van der Waals surface area (Å²) in [6.07, 6.45) is 1.22. The Morgan fingerprint density at radius 1 is 1.43 bits per heavy atom. The number of aromatic hydroxyl groups is 1. The van der Waals surface area contributed by atoms with Gasteiger partial charge in [-0.1, -0.05) is 15.9 Å². The van der Waals surface area contributed by atoms with Crippen molar-refractivity contribution in [3.63, 3.8) is 0 Å². The molecule has 0 spiro atoms. The lowest BCUT2D eigenvalue weighted by molar-refractivity contribution is -0.0139. The number of nitrogens with one attached hydrogen (secondary N) is 1. The molecule has 2 saturated heterocycles. The van der Waals surface area contributed by atoms with Gasteiger partial charge in [0.25, 0.3) is 0 Å². The van der Waals surface area contributed by atoms with Crippen LogP contribution in [0.2, 0.25) is 0 Å². The van der Waals surface area contributed by atoms with Crippen LogP contribution in [0.3, 0.4) is 0 Å². The Labute approximate surface area is 151 Å². The fourth-order valence-corrected chi connectivity index (χ4v) is 5.32. The second-order valence-electron chi connectivity index (χ2n) is 6.43. The molecule has 3 rings (SSSR count). The van der Waals surface area contributed by atoms with Crippen LogP contribution in [0, 0.1) is 0 Å². The summed E-state index contributed by atoms with van der Waals surface area (Å²) < 4.78 is 6.52. The van der Waals surface area contributed by atoms with Crippen LogP contribution in [0.4, 0.5) is 0 Å². The van der Waals surface area contributed by atoms with Gasteiger partial charge >= 0.3 is 0 Å². The van der Waals surface area contributed by atoms with Crippen LogP contribution >= 0.6 is 27.7 Å². The molecule has 1 aromatic rings. The van der Waals surface area contributed by atoms with Gasteiger partial charge in [0.1, 0.15) is 5.75 Å². The minimum absolute atomic E-state index is 0.121. The lowest BCUT2D eigenvalue weighted by atomic mass is 9.94. The van der Waals surface area contributed by atoms with Crippen LogP contribution in [0.1, 0.15) is 24.9 Å². The first-order valence-corrected chi connectivity index (χ1v) is 10.2. The van der Waals surface area contributed by atoms with E-state index in [1.165, 1.54) is 17.9 Å². The molecule has 2 atom stereocenters.